The van der Waals surface area contributed by atoms with Crippen LogP contribution in [0.4, 0.5) is 0 Å². The van der Waals surface area contributed by atoms with Crippen LogP contribution in [0, 0.1) is 11.8 Å². The number of carbonyl (C=O) groups is 5. The highest BCUT2D eigenvalue weighted by molar-refractivity contribution is 5.95. The molecule has 0 spiro atoms. The Hall–Kier alpha value is -2.69. The Bertz CT molecular complexity index is 696. The number of carboxylic acid groups (broad SMARTS) is 1. The van der Waals surface area contributed by atoms with E-state index in [1.54, 1.807) is 13.8 Å². The van der Waals surface area contributed by atoms with Crippen molar-refractivity contribution in [2.45, 2.75) is 77.5 Å². The minimum atomic E-state index is -1.16. The number of likely N-dealkylation sites (tertiary alicyclic amines) is 1. The van der Waals surface area contributed by atoms with Gasteiger partial charge < -0.3 is 32.1 Å². The van der Waals surface area contributed by atoms with Crippen molar-refractivity contribution in [3.63, 3.8) is 0 Å². The highest BCUT2D eigenvalue weighted by Crippen LogP contribution is 2.19. The van der Waals surface area contributed by atoms with Gasteiger partial charge in [-0.3, -0.25) is 19.2 Å². The summed E-state index contributed by atoms with van der Waals surface area (Å²) in [4.78, 5) is 62.0. The van der Waals surface area contributed by atoms with Gasteiger partial charge >= 0.3 is 5.97 Å². The van der Waals surface area contributed by atoms with Gasteiger partial charge in [0.05, 0.1) is 12.5 Å². The van der Waals surface area contributed by atoms with E-state index in [-0.39, 0.29) is 18.3 Å². The number of nitrogens with zero attached hydrogens (tertiary/aromatic N) is 1. The molecule has 1 rings (SSSR count). The Morgan fingerprint density at radius 1 is 1.10 bits per heavy atom. The second-order valence-corrected chi connectivity index (χ2v) is 8.73. The quantitative estimate of drug-likeness (QED) is 0.270. The third-order valence-corrected chi connectivity index (χ3v) is 5.15. The molecule has 1 saturated heterocycles. The number of rotatable bonds is 11. The topological polar surface area (TPSA) is 185 Å². The van der Waals surface area contributed by atoms with Gasteiger partial charge in [0.2, 0.25) is 23.6 Å². The zero-order chi connectivity index (χ0) is 23.9. The fraction of sp³-hybridized carbons (Fsp3) is 0.750. The Balaban J connectivity index is 2.92. The molecule has 11 nitrogen and oxygen atoms in total. The number of primary amides is 1. The van der Waals surface area contributed by atoms with E-state index in [9.17, 15) is 29.1 Å². The first kappa shape index (κ1) is 26.3. The van der Waals surface area contributed by atoms with E-state index in [2.05, 4.69) is 10.6 Å². The zero-order valence-electron chi connectivity index (χ0n) is 18.6. The van der Waals surface area contributed by atoms with Gasteiger partial charge in [0.25, 0.3) is 0 Å². The van der Waals surface area contributed by atoms with Crippen molar-refractivity contribution < 1.29 is 29.1 Å². The molecule has 4 unspecified atom stereocenters. The number of hydrogen-bond acceptors (Lipinski definition) is 6. The average Bonchev–Trinajstić information content (AvgIpc) is 3.12. The molecule has 1 aliphatic heterocycles. The van der Waals surface area contributed by atoms with Gasteiger partial charge in [-0.2, -0.15) is 0 Å². The highest BCUT2D eigenvalue weighted by Gasteiger charge is 2.38. The molecule has 176 valence electrons. The lowest BCUT2D eigenvalue weighted by atomic mass is 10.00. The first-order valence-electron chi connectivity index (χ1n) is 10.5. The van der Waals surface area contributed by atoms with Crippen LogP contribution in [0.25, 0.3) is 0 Å². The van der Waals surface area contributed by atoms with Crippen LogP contribution in [0.1, 0.15) is 53.4 Å². The fourth-order valence-corrected chi connectivity index (χ4v) is 3.56. The molecule has 0 aromatic heterocycles. The number of carboxylic acids is 1. The third-order valence-electron chi connectivity index (χ3n) is 5.15. The number of aliphatic carboxylic acids is 1. The lowest BCUT2D eigenvalue weighted by Crippen LogP contribution is -2.57. The molecular weight excluding hydrogens is 406 g/mol. The van der Waals surface area contributed by atoms with E-state index >= 15 is 0 Å². The number of nitrogens with one attached hydrogen (secondary N) is 2. The minimum Gasteiger partial charge on any atom is -0.480 e. The van der Waals surface area contributed by atoms with Crippen molar-refractivity contribution in [1.29, 1.82) is 0 Å². The van der Waals surface area contributed by atoms with Gasteiger partial charge in [-0.1, -0.05) is 27.7 Å². The molecule has 0 saturated carbocycles. The Morgan fingerprint density at radius 2 is 1.71 bits per heavy atom. The Morgan fingerprint density at radius 3 is 2.19 bits per heavy atom. The molecule has 0 radical (unpaired) electrons. The standard InChI is InChI=1S/C20H35N5O6/c1-10(2)8-13(17(27)24-16(11(3)4)20(30)31)23-18(28)14-6-5-7-25(14)19(29)12(21)9-15(22)26/h10-14,16H,5-9,21H2,1-4H3,(H2,22,26)(H,23,28)(H,24,27)(H,30,31). The molecule has 7 N–H and O–H groups in total. The zero-order valence-corrected chi connectivity index (χ0v) is 18.6. The molecule has 0 bridgehead atoms. The lowest BCUT2D eigenvalue weighted by molar-refractivity contribution is -0.144. The summed E-state index contributed by atoms with van der Waals surface area (Å²) in [7, 11) is 0. The molecule has 1 heterocycles. The maximum absolute atomic E-state index is 12.9. The van der Waals surface area contributed by atoms with Crippen LogP contribution in [0.5, 0.6) is 0 Å². The van der Waals surface area contributed by atoms with Gasteiger partial charge in [0, 0.05) is 6.54 Å². The molecule has 0 aromatic rings. The van der Waals surface area contributed by atoms with Crippen LogP contribution in [0.3, 0.4) is 0 Å². The van der Waals surface area contributed by atoms with Crippen LogP contribution in [0.2, 0.25) is 0 Å². The molecule has 0 aromatic carbocycles. The minimum absolute atomic E-state index is 0.0451. The SMILES string of the molecule is CC(C)CC(NC(=O)C1CCCN1C(=O)C(N)CC(N)=O)C(=O)NC(C(=O)O)C(C)C. The molecular formula is C20H35N5O6. The first-order valence-corrected chi connectivity index (χ1v) is 10.5. The summed E-state index contributed by atoms with van der Waals surface area (Å²) < 4.78 is 0. The van der Waals surface area contributed by atoms with Crippen molar-refractivity contribution in [2.75, 3.05) is 6.54 Å². The first-order chi connectivity index (χ1) is 14.3. The summed E-state index contributed by atoms with van der Waals surface area (Å²) >= 11 is 0. The van der Waals surface area contributed by atoms with Crippen LogP contribution in [-0.4, -0.2) is 70.3 Å². The number of hydrogen-bond donors (Lipinski definition) is 5. The predicted molar refractivity (Wildman–Crippen MR) is 112 cm³/mol. The lowest BCUT2D eigenvalue weighted by Gasteiger charge is -2.29. The van der Waals surface area contributed by atoms with Crippen LogP contribution in [0.15, 0.2) is 0 Å². The van der Waals surface area contributed by atoms with E-state index in [1.807, 2.05) is 13.8 Å². The Labute approximate surface area is 182 Å². The van der Waals surface area contributed by atoms with Gasteiger partial charge in [0.15, 0.2) is 0 Å². The number of amides is 4. The smallest absolute Gasteiger partial charge is 0.326 e. The summed E-state index contributed by atoms with van der Waals surface area (Å²) in [6.07, 6.45) is 0.931. The van der Waals surface area contributed by atoms with Gasteiger partial charge in [-0.25, -0.2) is 4.79 Å². The Kier molecular flexibility index (Phi) is 9.89. The van der Waals surface area contributed by atoms with Gasteiger partial charge in [-0.05, 0) is 31.1 Å². The fourth-order valence-electron chi connectivity index (χ4n) is 3.56. The molecule has 0 aliphatic carbocycles. The average molecular weight is 442 g/mol. The van der Waals surface area contributed by atoms with Gasteiger partial charge in [0.1, 0.15) is 18.1 Å². The van der Waals surface area contributed by atoms with E-state index < -0.39 is 53.8 Å². The van der Waals surface area contributed by atoms with Crippen molar-refractivity contribution in [1.82, 2.24) is 15.5 Å². The van der Waals surface area contributed by atoms with Crippen LogP contribution in [-0.2, 0) is 24.0 Å². The second kappa shape index (κ2) is 11.6. The summed E-state index contributed by atoms with van der Waals surface area (Å²) in [6.45, 7) is 7.40. The molecule has 31 heavy (non-hydrogen) atoms. The maximum Gasteiger partial charge on any atom is 0.326 e. The van der Waals surface area contributed by atoms with Crippen molar-refractivity contribution in [2.24, 2.45) is 23.3 Å². The maximum atomic E-state index is 12.9. The summed E-state index contributed by atoms with van der Waals surface area (Å²) in [5.74, 6) is -3.83. The van der Waals surface area contributed by atoms with E-state index in [4.69, 9.17) is 11.5 Å². The number of carbonyl (C=O) groups excluding carboxylic acids is 4. The molecule has 1 aliphatic rings. The van der Waals surface area contributed by atoms with Crippen molar-refractivity contribution in [3.05, 3.63) is 0 Å². The van der Waals surface area contributed by atoms with Crippen LogP contribution >= 0.6 is 0 Å². The second-order valence-electron chi connectivity index (χ2n) is 8.73. The molecule has 1 fully saturated rings. The normalized spacial score (nSPS) is 19.1. The summed E-state index contributed by atoms with van der Waals surface area (Å²) in [5, 5.41) is 14.5. The van der Waals surface area contributed by atoms with E-state index in [0.717, 1.165) is 0 Å². The molecule has 4 atom stereocenters. The third kappa shape index (κ3) is 7.82. The highest BCUT2D eigenvalue weighted by atomic mass is 16.4. The van der Waals surface area contributed by atoms with E-state index in [0.29, 0.717) is 25.8 Å². The monoisotopic (exact) mass is 441 g/mol. The van der Waals surface area contributed by atoms with Crippen molar-refractivity contribution >= 4 is 29.6 Å². The number of nitrogens with two attached hydrogens (primary N) is 2. The summed E-state index contributed by atoms with van der Waals surface area (Å²) in [5.41, 5.74) is 10.8. The van der Waals surface area contributed by atoms with E-state index in [1.165, 1.54) is 4.90 Å². The molecule has 4 amide bonds. The predicted octanol–water partition coefficient (Wildman–Crippen LogP) is -1.06. The summed E-state index contributed by atoms with van der Waals surface area (Å²) in [6, 6.07) is -4.00. The van der Waals surface area contributed by atoms with Gasteiger partial charge in [-0.15, -0.1) is 0 Å². The van der Waals surface area contributed by atoms with Crippen LogP contribution < -0.4 is 22.1 Å². The van der Waals surface area contributed by atoms with Crippen molar-refractivity contribution in [3.8, 4) is 0 Å². The molecule has 11 heteroatoms. The largest absolute Gasteiger partial charge is 0.480 e.